The van der Waals surface area contributed by atoms with Crippen LogP contribution in [-0.4, -0.2) is 66.8 Å². The Balaban J connectivity index is -0.000000269. The van der Waals surface area contributed by atoms with E-state index in [1.165, 1.54) is 164 Å². The highest BCUT2D eigenvalue weighted by Gasteiger charge is 2.25. The molecule has 0 fully saturated rings. The SMILES string of the molecule is CCCC[N+](CCCC)(CCCC)CCCC.CCCC[N+](CCCC)(CCCC)CCCC.[I-].[OH-]. The van der Waals surface area contributed by atoms with Crippen molar-refractivity contribution in [1.29, 1.82) is 0 Å². The van der Waals surface area contributed by atoms with Gasteiger partial charge in [0.2, 0.25) is 0 Å². The van der Waals surface area contributed by atoms with Crippen LogP contribution in [0.2, 0.25) is 0 Å². The normalized spacial score (nSPS) is 11.3. The average Bonchev–Trinajstić information content (AvgIpc) is 2.87. The van der Waals surface area contributed by atoms with Crippen LogP contribution < -0.4 is 24.0 Å². The molecular formula is C32H73IN2O. The topological polar surface area (TPSA) is 30.0 Å². The van der Waals surface area contributed by atoms with Crippen LogP contribution in [0.3, 0.4) is 0 Å². The molecule has 0 rings (SSSR count). The Morgan fingerprint density at radius 1 is 0.278 bits per heavy atom. The minimum absolute atomic E-state index is 0. The molecule has 224 valence electrons. The Labute approximate surface area is 248 Å². The van der Waals surface area contributed by atoms with Gasteiger partial charge in [0.1, 0.15) is 0 Å². The molecular weight excluding hydrogens is 555 g/mol. The maximum absolute atomic E-state index is 2.33. The molecule has 0 saturated heterocycles. The van der Waals surface area contributed by atoms with Gasteiger partial charge in [-0.15, -0.1) is 0 Å². The maximum Gasteiger partial charge on any atom is 0.0786 e. The Hall–Kier alpha value is 0.610. The molecule has 0 heterocycles. The van der Waals surface area contributed by atoms with E-state index in [9.17, 15) is 0 Å². The van der Waals surface area contributed by atoms with E-state index in [0.29, 0.717) is 0 Å². The van der Waals surface area contributed by atoms with E-state index in [-0.39, 0.29) is 29.5 Å². The second-order valence-corrected chi connectivity index (χ2v) is 11.3. The molecule has 0 atom stereocenters. The summed E-state index contributed by atoms with van der Waals surface area (Å²) in [6.45, 7) is 30.0. The number of hydrogen-bond donors (Lipinski definition) is 0. The Morgan fingerprint density at radius 2 is 0.389 bits per heavy atom. The minimum atomic E-state index is 0. The molecule has 0 amide bonds. The summed E-state index contributed by atoms with van der Waals surface area (Å²) in [6.07, 6.45) is 22.1. The first-order valence-electron chi connectivity index (χ1n) is 16.2. The van der Waals surface area contributed by atoms with Crippen LogP contribution in [0.25, 0.3) is 0 Å². The smallest absolute Gasteiger partial charge is 0.0786 e. The number of halogens is 1. The first kappa shape index (κ1) is 43.7. The molecule has 1 N–H and O–H groups in total. The standard InChI is InChI=1S/2C16H36N.HI.H2O/c2*1-5-9-13-17(14-10-6-2,15-11-7-3)16-12-8-4;;/h2*5-16H2,1-4H3;1H;1H2/q2*+1;;/p-2. The van der Waals surface area contributed by atoms with Crippen molar-refractivity contribution in [3.8, 4) is 0 Å². The van der Waals surface area contributed by atoms with Gasteiger partial charge >= 0.3 is 0 Å². The lowest BCUT2D eigenvalue weighted by Crippen LogP contribution is -3.00. The van der Waals surface area contributed by atoms with Gasteiger partial charge in [-0.05, 0) is 51.4 Å². The molecule has 0 saturated carbocycles. The van der Waals surface area contributed by atoms with Crippen molar-refractivity contribution < 1.29 is 38.4 Å². The highest BCUT2D eigenvalue weighted by Crippen LogP contribution is 2.17. The lowest BCUT2D eigenvalue weighted by Gasteiger charge is -2.39. The van der Waals surface area contributed by atoms with Gasteiger partial charge in [0.15, 0.2) is 0 Å². The number of rotatable bonds is 24. The average molecular weight is 629 g/mol. The van der Waals surface area contributed by atoms with Crippen molar-refractivity contribution in [3.63, 3.8) is 0 Å². The number of unbranched alkanes of at least 4 members (excludes halogenated alkanes) is 8. The van der Waals surface area contributed by atoms with Crippen LogP contribution in [0, 0.1) is 0 Å². The summed E-state index contributed by atoms with van der Waals surface area (Å²) in [5.41, 5.74) is 0. The van der Waals surface area contributed by atoms with Crippen LogP contribution in [0.15, 0.2) is 0 Å². The number of quaternary nitrogens is 2. The molecule has 0 aromatic carbocycles. The van der Waals surface area contributed by atoms with Crippen LogP contribution in [0.5, 0.6) is 0 Å². The molecule has 0 aliphatic rings. The quantitative estimate of drug-likeness (QED) is 0.0851. The van der Waals surface area contributed by atoms with Gasteiger partial charge in [-0.3, -0.25) is 0 Å². The van der Waals surface area contributed by atoms with E-state index in [2.05, 4.69) is 55.4 Å². The molecule has 0 spiro atoms. The van der Waals surface area contributed by atoms with Gasteiger partial charge in [0, 0.05) is 0 Å². The zero-order chi connectivity index (χ0) is 26.0. The molecule has 0 aliphatic heterocycles. The second kappa shape index (κ2) is 31.8. The lowest BCUT2D eigenvalue weighted by molar-refractivity contribution is -0.929. The number of hydrogen-bond acceptors (Lipinski definition) is 1. The van der Waals surface area contributed by atoms with Gasteiger partial charge in [-0.1, -0.05) is 107 Å². The molecule has 36 heavy (non-hydrogen) atoms. The van der Waals surface area contributed by atoms with Gasteiger partial charge < -0.3 is 38.4 Å². The first-order valence-corrected chi connectivity index (χ1v) is 16.2. The third-order valence-electron chi connectivity index (χ3n) is 7.89. The second-order valence-electron chi connectivity index (χ2n) is 11.3. The van der Waals surface area contributed by atoms with Crippen molar-refractivity contribution in [3.05, 3.63) is 0 Å². The number of nitrogens with zero attached hydrogens (tertiary/aromatic N) is 2. The Kier molecular flexibility index (Phi) is 38.6. The highest BCUT2D eigenvalue weighted by atomic mass is 127. The molecule has 0 aromatic heterocycles. The zero-order valence-corrected chi connectivity index (χ0v) is 28.8. The summed E-state index contributed by atoms with van der Waals surface area (Å²) in [4.78, 5) is 0. The van der Waals surface area contributed by atoms with Crippen molar-refractivity contribution in [2.75, 3.05) is 52.4 Å². The van der Waals surface area contributed by atoms with Crippen LogP contribution >= 0.6 is 0 Å². The lowest BCUT2D eigenvalue weighted by atomic mass is 10.1. The summed E-state index contributed by atoms with van der Waals surface area (Å²) in [5.74, 6) is 0. The van der Waals surface area contributed by atoms with Crippen LogP contribution in [-0.2, 0) is 0 Å². The summed E-state index contributed by atoms with van der Waals surface area (Å²) in [5, 5.41) is 0. The molecule has 0 aliphatic carbocycles. The van der Waals surface area contributed by atoms with Crippen molar-refractivity contribution in [2.24, 2.45) is 0 Å². The van der Waals surface area contributed by atoms with Gasteiger partial charge in [0.25, 0.3) is 0 Å². The molecule has 0 bridgehead atoms. The van der Waals surface area contributed by atoms with Crippen molar-refractivity contribution >= 4 is 0 Å². The molecule has 0 radical (unpaired) electrons. The molecule has 0 aromatic rings. The monoisotopic (exact) mass is 628 g/mol. The predicted molar refractivity (Wildman–Crippen MR) is 161 cm³/mol. The van der Waals surface area contributed by atoms with E-state index in [4.69, 9.17) is 0 Å². The highest BCUT2D eigenvalue weighted by molar-refractivity contribution is 4.50. The maximum atomic E-state index is 2.33. The Morgan fingerprint density at radius 3 is 0.472 bits per heavy atom. The van der Waals surface area contributed by atoms with E-state index in [0.717, 1.165) is 0 Å². The van der Waals surface area contributed by atoms with Crippen molar-refractivity contribution in [2.45, 2.75) is 158 Å². The van der Waals surface area contributed by atoms with E-state index in [1.54, 1.807) is 0 Å². The van der Waals surface area contributed by atoms with Gasteiger partial charge in [0.05, 0.1) is 52.4 Å². The van der Waals surface area contributed by atoms with Gasteiger partial charge in [-0.25, -0.2) is 0 Å². The third-order valence-corrected chi connectivity index (χ3v) is 7.89. The fourth-order valence-electron chi connectivity index (χ4n) is 5.29. The fraction of sp³-hybridized carbons (Fsp3) is 1.00. The van der Waals surface area contributed by atoms with Crippen LogP contribution in [0.1, 0.15) is 158 Å². The molecule has 4 heteroatoms. The largest absolute Gasteiger partial charge is 1.00 e. The molecule has 0 unspecified atom stereocenters. The van der Waals surface area contributed by atoms with E-state index in [1.807, 2.05) is 0 Å². The van der Waals surface area contributed by atoms with Crippen molar-refractivity contribution in [1.82, 2.24) is 0 Å². The Bertz CT molecular complexity index is 281. The van der Waals surface area contributed by atoms with E-state index >= 15 is 0 Å². The summed E-state index contributed by atoms with van der Waals surface area (Å²) >= 11 is 0. The van der Waals surface area contributed by atoms with Gasteiger partial charge in [-0.2, -0.15) is 0 Å². The zero-order valence-electron chi connectivity index (χ0n) is 26.7. The third kappa shape index (κ3) is 23.7. The molecule has 3 nitrogen and oxygen atoms in total. The van der Waals surface area contributed by atoms with E-state index < -0.39 is 0 Å². The first-order chi connectivity index (χ1) is 16.5. The minimum Gasteiger partial charge on any atom is -1.00 e. The summed E-state index contributed by atoms with van der Waals surface area (Å²) < 4.78 is 2.84. The fourth-order valence-corrected chi connectivity index (χ4v) is 5.29. The summed E-state index contributed by atoms with van der Waals surface area (Å²) in [7, 11) is 0. The van der Waals surface area contributed by atoms with Crippen LogP contribution in [0.4, 0.5) is 0 Å². The predicted octanol–water partition coefficient (Wildman–Crippen LogP) is 6.83. The summed E-state index contributed by atoms with van der Waals surface area (Å²) in [6, 6.07) is 0.